The minimum Gasteiger partial charge on any atom is -0.492 e. The summed E-state index contributed by atoms with van der Waals surface area (Å²) in [6.45, 7) is 0.371. The molecule has 0 amide bonds. The Labute approximate surface area is 90.7 Å². The Balaban J connectivity index is 2.40. The van der Waals surface area contributed by atoms with Gasteiger partial charge in [-0.15, -0.1) is 0 Å². The summed E-state index contributed by atoms with van der Waals surface area (Å²) in [4.78, 5) is 10.4. The van der Waals surface area contributed by atoms with Gasteiger partial charge in [-0.1, -0.05) is 12.1 Å². The summed E-state index contributed by atoms with van der Waals surface area (Å²) in [6.07, 6.45) is -0.626. The number of halogens is 2. The Kier molecular flexibility index (Phi) is 2.53. The highest BCUT2D eigenvalue weighted by Gasteiger charge is 2.39. The minimum atomic E-state index is -3.39. The van der Waals surface area contributed by atoms with E-state index in [1.54, 1.807) is 6.07 Å². The number of fused-ring (bicyclic) bond motifs is 1. The van der Waals surface area contributed by atoms with Gasteiger partial charge in [0.15, 0.2) is 0 Å². The van der Waals surface area contributed by atoms with Gasteiger partial charge in [0.25, 0.3) is 5.92 Å². The van der Waals surface area contributed by atoms with E-state index in [0.717, 1.165) is 0 Å². The van der Waals surface area contributed by atoms with Crippen molar-refractivity contribution in [1.29, 1.82) is 0 Å². The van der Waals surface area contributed by atoms with Crippen molar-refractivity contribution < 1.29 is 23.4 Å². The van der Waals surface area contributed by atoms with Crippen LogP contribution < -0.4 is 4.74 Å². The fraction of sp³-hybridized carbons (Fsp3) is 0.364. The predicted molar refractivity (Wildman–Crippen MR) is 51.8 cm³/mol. The maximum atomic E-state index is 13.6. The van der Waals surface area contributed by atoms with E-state index < -0.39 is 18.3 Å². The lowest BCUT2D eigenvalue weighted by atomic mass is 10.0. The van der Waals surface area contributed by atoms with Crippen molar-refractivity contribution in [1.82, 2.24) is 0 Å². The number of hydrogen-bond donors (Lipinski definition) is 1. The third kappa shape index (κ3) is 1.85. The summed E-state index contributed by atoms with van der Waals surface area (Å²) in [5.74, 6) is -4.77. The summed E-state index contributed by atoms with van der Waals surface area (Å²) in [5, 5.41) is 8.44. The fourth-order valence-corrected chi connectivity index (χ4v) is 1.79. The average Bonchev–Trinajstić information content (AvgIpc) is 2.62. The van der Waals surface area contributed by atoms with Gasteiger partial charge < -0.3 is 9.84 Å². The van der Waals surface area contributed by atoms with Crippen LogP contribution in [0.2, 0.25) is 0 Å². The molecule has 1 aliphatic rings. The zero-order chi connectivity index (χ0) is 11.8. The van der Waals surface area contributed by atoms with Gasteiger partial charge in [0, 0.05) is 6.42 Å². The van der Waals surface area contributed by atoms with Crippen molar-refractivity contribution in [2.24, 2.45) is 0 Å². The molecule has 0 unspecified atom stereocenters. The van der Waals surface area contributed by atoms with Gasteiger partial charge >= 0.3 is 5.97 Å². The first-order chi connectivity index (χ1) is 7.50. The second-order valence-corrected chi connectivity index (χ2v) is 3.67. The molecule has 86 valence electrons. The molecule has 16 heavy (non-hydrogen) atoms. The van der Waals surface area contributed by atoms with Crippen LogP contribution in [-0.2, 0) is 17.1 Å². The van der Waals surface area contributed by atoms with E-state index in [4.69, 9.17) is 9.84 Å². The second-order valence-electron chi connectivity index (χ2n) is 3.67. The Morgan fingerprint density at radius 1 is 1.50 bits per heavy atom. The highest BCUT2D eigenvalue weighted by Crippen LogP contribution is 2.41. The van der Waals surface area contributed by atoms with Crippen LogP contribution in [0.1, 0.15) is 17.5 Å². The van der Waals surface area contributed by atoms with Crippen molar-refractivity contribution >= 4 is 5.97 Å². The second kappa shape index (κ2) is 3.73. The van der Waals surface area contributed by atoms with Crippen LogP contribution in [0.15, 0.2) is 18.2 Å². The summed E-state index contributed by atoms with van der Waals surface area (Å²) < 4.78 is 32.3. The Hall–Kier alpha value is -1.65. The van der Waals surface area contributed by atoms with E-state index in [9.17, 15) is 13.6 Å². The van der Waals surface area contributed by atoms with Gasteiger partial charge in [0.1, 0.15) is 12.2 Å². The molecule has 1 aromatic rings. The van der Waals surface area contributed by atoms with Gasteiger partial charge in [-0.3, -0.25) is 4.79 Å². The first-order valence-corrected chi connectivity index (χ1v) is 4.85. The van der Waals surface area contributed by atoms with Gasteiger partial charge in [0.2, 0.25) is 0 Å². The van der Waals surface area contributed by atoms with Crippen molar-refractivity contribution in [3.8, 4) is 5.75 Å². The third-order valence-corrected chi connectivity index (χ3v) is 2.48. The van der Waals surface area contributed by atoms with E-state index in [1.807, 2.05) is 0 Å². The highest BCUT2D eigenvalue weighted by molar-refractivity contribution is 5.68. The smallest absolute Gasteiger partial charge is 0.309 e. The maximum Gasteiger partial charge on any atom is 0.309 e. The lowest BCUT2D eigenvalue weighted by Gasteiger charge is -2.17. The van der Waals surface area contributed by atoms with Crippen LogP contribution >= 0.6 is 0 Å². The molecule has 0 atom stereocenters. The van der Waals surface area contributed by atoms with Crippen LogP contribution in [0.4, 0.5) is 8.78 Å². The molecular formula is C11H10F2O3. The molecule has 0 fully saturated rings. The molecule has 0 radical (unpaired) electrons. The molecule has 0 saturated carbocycles. The Morgan fingerprint density at radius 3 is 2.94 bits per heavy atom. The van der Waals surface area contributed by atoms with E-state index in [0.29, 0.717) is 18.6 Å². The minimum absolute atomic E-state index is 0.147. The van der Waals surface area contributed by atoms with Crippen molar-refractivity contribution in [2.75, 3.05) is 6.61 Å². The van der Waals surface area contributed by atoms with Gasteiger partial charge in [0.05, 0.1) is 12.2 Å². The van der Waals surface area contributed by atoms with Crippen LogP contribution in [-0.4, -0.2) is 17.7 Å². The molecule has 5 heteroatoms. The number of carboxylic acid groups (broad SMARTS) is 1. The average molecular weight is 228 g/mol. The van der Waals surface area contributed by atoms with Crippen LogP contribution in [0.3, 0.4) is 0 Å². The monoisotopic (exact) mass is 228 g/mol. The fourth-order valence-electron chi connectivity index (χ4n) is 1.79. The SMILES string of the molecule is O=C(O)CC(F)(F)c1cccc2c1OCC2. The molecule has 3 nitrogen and oxygen atoms in total. The van der Waals surface area contributed by atoms with Crippen molar-refractivity contribution in [2.45, 2.75) is 18.8 Å². The van der Waals surface area contributed by atoms with E-state index >= 15 is 0 Å². The van der Waals surface area contributed by atoms with Crippen LogP contribution in [0.5, 0.6) is 5.75 Å². The number of aliphatic carboxylic acids is 1. The molecule has 2 rings (SSSR count). The van der Waals surface area contributed by atoms with Gasteiger partial charge in [-0.25, -0.2) is 8.78 Å². The van der Waals surface area contributed by atoms with E-state index in [-0.39, 0.29) is 11.3 Å². The Bertz CT molecular complexity index is 429. The van der Waals surface area contributed by atoms with E-state index in [2.05, 4.69) is 0 Å². The summed E-state index contributed by atoms with van der Waals surface area (Å²) in [6, 6.07) is 4.42. The topological polar surface area (TPSA) is 46.5 Å². The molecule has 1 N–H and O–H groups in total. The number of rotatable bonds is 3. The zero-order valence-corrected chi connectivity index (χ0v) is 8.37. The number of hydrogen-bond acceptors (Lipinski definition) is 2. The van der Waals surface area contributed by atoms with Gasteiger partial charge in [-0.2, -0.15) is 0 Å². The molecule has 0 aliphatic carbocycles. The number of para-hydroxylation sites is 1. The number of benzene rings is 1. The number of carbonyl (C=O) groups is 1. The molecule has 1 aliphatic heterocycles. The molecule has 1 aromatic carbocycles. The van der Waals surface area contributed by atoms with Crippen molar-refractivity contribution in [3.05, 3.63) is 29.3 Å². The lowest BCUT2D eigenvalue weighted by Crippen LogP contribution is -2.19. The van der Waals surface area contributed by atoms with Gasteiger partial charge in [-0.05, 0) is 11.6 Å². The van der Waals surface area contributed by atoms with E-state index in [1.165, 1.54) is 12.1 Å². The molecule has 0 aromatic heterocycles. The molecule has 1 heterocycles. The predicted octanol–water partition coefficient (Wildman–Crippen LogP) is 2.19. The van der Waals surface area contributed by atoms with Crippen LogP contribution in [0, 0.1) is 0 Å². The number of carboxylic acids is 1. The van der Waals surface area contributed by atoms with Crippen LogP contribution in [0.25, 0.3) is 0 Å². The zero-order valence-electron chi connectivity index (χ0n) is 8.37. The maximum absolute atomic E-state index is 13.6. The molecule has 0 bridgehead atoms. The summed E-state index contributed by atoms with van der Waals surface area (Å²) >= 11 is 0. The standard InChI is InChI=1S/C11H10F2O3/c12-11(13,6-9(14)15)8-3-1-2-7-4-5-16-10(7)8/h1-3H,4-6H2,(H,14,15). The summed E-state index contributed by atoms with van der Waals surface area (Å²) in [5.41, 5.74) is 0.382. The molecule has 0 spiro atoms. The lowest BCUT2D eigenvalue weighted by molar-refractivity contribution is -0.145. The summed E-state index contributed by atoms with van der Waals surface area (Å²) in [7, 11) is 0. The quantitative estimate of drug-likeness (QED) is 0.862. The first kappa shape index (κ1) is 10.9. The largest absolute Gasteiger partial charge is 0.492 e. The normalized spacial score (nSPS) is 14.4. The molecular weight excluding hydrogens is 218 g/mol. The number of ether oxygens (including phenoxy) is 1. The first-order valence-electron chi connectivity index (χ1n) is 4.85. The molecule has 0 saturated heterocycles. The Morgan fingerprint density at radius 2 is 2.25 bits per heavy atom. The third-order valence-electron chi connectivity index (χ3n) is 2.48. The van der Waals surface area contributed by atoms with Crippen molar-refractivity contribution in [3.63, 3.8) is 0 Å². The number of alkyl halides is 2. The highest BCUT2D eigenvalue weighted by atomic mass is 19.3.